The van der Waals surface area contributed by atoms with Crippen LogP contribution in [-0.4, -0.2) is 62.4 Å². The molecule has 6 rings (SSSR count). The zero-order valence-electron chi connectivity index (χ0n) is 19.9. The lowest BCUT2D eigenvalue weighted by Crippen LogP contribution is -2.47. The Balaban J connectivity index is 1.35. The van der Waals surface area contributed by atoms with E-state index in [2.05, 4.69) is 25.7 Å². The third-order valence-electron chi connectivity index (χ3n) is 7.45. The topological polar surface area (TPSA) is 91.4 Å². The monoisotopic (exact) mass is 501 g/mol. The maximum absolute atomic E-state index is 15.3. The molecule has 2 fully saturated rings. The van der Waals surface area contributed by atoms with Crippen molar-refractivity contribution in [1.82, 2.24) is 29.6 Å². The number of alkyl halides is 2. The van der Waals surface area contributed by atoms with Crippen molar-refractivity contribution in [3.63, 3.8) is 0 Å². The van der Waals surface area contributed by atoms with Gasteiger partial charge in [0.25, 0.3) is 6.43 Å². The molecule has 0 bridgehead atoms. The lowest BCUT2D eigenvalue weighted by Gasteiger charge is -2.46. The third kappa shape index (κ3) is 3.74. The molecule has 1 saturated carbocycles. The quantitative estimate of drug-likeness (QED) is 0.416. The number of anilines is 1. The van der Waals surface area contributed by atoms with Gasteiger partial charge >= 0.3 is 0 Å². The molecule has 0 radical (unpaired) electrons. The highest BCUT2D eigenvalue weighted by Crippen LogP contribution is 2.43. The Morgan fingerprint density at radius 3 is 2.67 bits per heavy atom. The fourth-order valence-electron chi connectivity index (χ4n) is 5.24. The van der Waals surface area contributed by atoms with E-state index in [1.165, 1.54) is 24.7 Å². The summed E-state index contributed by atoms with van der Waals surface area (Å²) in [6.07, 6.45) is 2.79. The molecule has 1 spiro atoms. The van der Waals surface area contributed by atoms with Crippen LogP contribution in [0.1, 0.15) is 38.6 Å². The minimum Gasteiger partial charge on any atom is -0.479 e. The molecule has 1 aliphatic carbocycles. The number of benzene rings is 1. The Kier molecular flexibility index (Phi) is 5.51. The molecule has 1 atom stereocenters. The Bertz CT molecular complexity index is 1420. The number of ether oxygens (including phenoxy) is 2. The van der Waals surface area contributed by atoms with Gasteiger partial charge in [0.05, 0.1) is 37.6 Å². The second-order valence-corrected chi connectivity index (χ2v) is 9.81. The molecule has 3 aromatic heterocycles. The van der Waals surface area contributed by atoms with E-state index in [4.69, 9.17) is 9.47 Å². The van der Waals surface area contributed by atoms with Gasteiger partial charge in [-0.15, -0.1) is 10.2 Å². The van der Waals surface area contributed by atoms with Gasteiger partial charge in [-0.05, 0) is 50.3 Å². The van der Waals surface area contributed by atoms with Gasteiger partial charge in [-0.1, -0.05) is 11.3 Å². The van der Waals surface area contributed by atoms with Crippen LogP contribution in [0.25, 0.3) is 27.7 Å². The van der Waals surface area contributed by atoms with Gasteiger partial charge in [0.15, 0.2) is 5.82 Å². The van der Waals surface area contributed by atoms with E-state index >= 15 is 4.39 Å². The number of methoxy groups -OCH3 is 1. The predicted octanol–water partition coefficient (Wildman–Crippen LogP) is 4.49. The predicted molar refractivity (Wildman–Crippen MR) is 126 cm³/mol. The highest BCUT2D eigenvalue weighted by atomic mass is 19.3. The molecule has 0 unspecified atom stereocenters. The summed E-state index contributed by atoms with van der Waals surface area (Å²) >= 11 is 0. The van der Waals surface area contributed by atoms with Crippen LogP contribution in [0.3, 0.4) is 0 Å². The molecule has 4 heterocycles. The number of nitrogens with zero attached hydrogens (tertiary/aromatic N) is 6. The number of rotatable bonds is 6. The van der Waals surface area contributed by atoms with Gasteiger partial charge in [0.2, 0.25) is 11.8 Å². The first kappa shape index (κ1) is 23.0. The van der Waals surface area contributed by atoms with Crippen molar-refractivity contribution >= 4 is 22.5 Å². The van der Waals surface area contributed by atoms with E-state index in [0.29, 0.717) is 33.5 Å². The molecule has 1 aliphatic heterocycles. The highest BCUT2D eigenvalue weighted by Gasteiger charge is 2.41. The average Bonchev–Trinajstić information content (AvgIpc) is 3.42. The maximum atomic E-state index is 15.3. The lowest BCUT2D eigenvalue weighted by atomic mass is 9.71. The molecular weight excluding hydrogens is 475 g/mol. The summed E-state index contributed by atoms with van der Waals surface area (Å²) in [7, 11) is 1.47. The summed E-state index contributed by atoms with van der Waals surface area (Å²) in [4.78, 5) is 4.52. The van der Waals surface area contributed by atoms with Crippen LogP contribution in [-0.2, 0) is 4.74 Å². The summed E-state index contributed by atoms with van der Waals surface area (Å²) in [6, 6.07) is 3.92. The molecular formula is C24H26F3N7O2. The number of aromatic nitrogens is 6. The Labute approximate surface area is 204 Å². The average molecular weight is 502 g/mol. The zero-order chi connectivity index (χ0) is 25.0. The first-order valence-corrected chi connectivity index (χ1v) is 12.0. The molecule has 4 aromatic rings. The molecule has 0 amide bonds. The van der Waals surface area contributed by atoms with Crippen LogP contribution in [0.4, 0.5) is 19.1 Å². The normalized spacial score (nSPS) is 18.7. The first-order chi connectivity index (χ1) is 17.4. The zero-order valence-corrected chi connectivity index (χ0v) is 19.9. The van der Waals surface area contributed by atoms with Crippen LogP contribution < -0.4 is 10.1 Å². The molecule has 2 aliphatic rings. The third-order valence-corrected chi connectivity index (χ3v) is 7.45. The van der Waals surface area contributed by atoms with E-state index in [1.54, 1.807) is 18.2 Å². The summed E-state index contributed by atoms with van der Waals surface area (Å²) in [5, 5.41) is 15.7. The summed E-state index contributed by atoms with van der Waals surface area (Å²) in [6.45, 7) is 3.04. The molecule has 190 valence electrons. The van der Waals surface area contributed by atoms with Crippen molar-refractivity contribution < 1.29 is 22.6 Å². The summed E-state index contributed by atoms with van der Waals surface area (Å²) < 4.78 is 55.5. The highest BCUT2D eigenvalue weighted by molar-refractivity contribution is 5.89. The minimum atomic E-state index is -2.62. The van der Waals surface area contributed by atoms with Crippen LogP contribution in [0.2, 0.25) is 0 Å². The summed E-state index contributed by atoms with van der Waals surface area (Å²) in [5.41, 5.74) is 2.16. The maximum Gasteiger partial charge on any atom is 0.260 e. The minimum absolute atomic E-state index is 0.207. The van der Waals surface area contributed by atoms with Crippen molar-refractivity contribution in [3.05, 3.63) is 30.2 Å². The molecule has 36 heavy (non-hydrogen) atoms. The van der Waals surface area contributed by atoms with E-state index in [1.807, 2.05) is 0 Å². The molecule has 12 heteroatoms. The van der Waals surface area contributed by atoms with Gasteiger partial charge < -0.3 is 14.8 Å². The Hall–Kier alpha value is -3.41. The van der Waals surface area contributed by atoms with Gasteiger partial charge in [-0.25, -0.2) is 22.4 Å². The van der Waals surface area contributed by atoms with Gasteiger partial charge in [-0.2, -0.15) is 4.98 Å². The molecule has 1 aromatic carbocycles. The van der Waals surface area contributed by atoms with Gasteiger partial charge in [0.1, 0.15) is 17.1 Å². The first-order valence-electron chi connectivity index (χ1n) is 12.0. The number of halogens is 3. The smallest absolute Gasteiger partial charge is 0.260 e. The van der Waals surface area contributed by atoms with Crippen molar-refractivity contribution in [2.45, 2.75) is 51.1 Å². The van der Waals surface area contributed by atoms with Gasteiger partial charge in [-0.3, -0.25) is 0 Å². The Morgan fingerprint density at radius 2 is 2.00 bits per heavy atom. The van der Waals surface area contributed by atoms with Gasteiger partial charge in [0, 0.05) is 11.5 Å². The number of fused-ring (bicyclic) bond motifs is 2. The van der Waals surface area contributed by atoms with E-state index in [0.717, 1.165) is 43.6 Å². The number of nitrogens with one attached hydrogen (secondary N) is 1. The standard InChI is InChI=1S/C24H26F3N7O2/c1-13(21(26)27)34-18-9-14(3-4-17(18)30-32-34)19-16(25)10-33-20(19)22(35-2)29-23(31-33)28-15-5-7-24(8-6-15)11-36-12-24/h3-4,9-10,13,15,21H,5-8,11-12H2,1-2H3,(H,28,31)/t13-/m1/s1. The fraction of sp³-hybridized carbons (Fsp3) is 0.500. The van der Waals surface area contributed by atoms with Crippen molar-refractivity contribution in [2.24, 2.45) is 5.41 Å². The second-order valence-electron chi connectivity index (χ2n) is 9.81. The van der Waals surface area contributed by atoms with Crippen molar-refractivity contribution in [1.29, 1.82) is 0 Å². The number of hydrogen-bond acceptors (Lipinski definition) is 7. The van der Waals surface area contributed by atoms with Crippen LogP contribution in [0, 0.1) is 11.2 Å². The molecule has 1 N–H and O–H groups in total. The van der Waals surface area contributed by atoms with Crippen LogP contribution in [0.15, 0.2) is 24.4 Å². The second kappa shape index (κ2) is 8.61. The largest absolute Gasteiger partial charge is 0.479 e. The SMILES string of the molecule is COc1nc(NC2CCC3(CC2)COC3)nn2cc(F)c(-c3ccc4nnn([C@H](C)C(F)F)c4c3)c12. The van der Waals surface area contributed by atoms with Crippen LogP contribution >= 0.6 is 0 Å². The van der Waals surface area contributed by atoms with E-state index in [9.17, 15) is 8.78 Å². The fourth-order valence-corrected chi connectivity index (χ4v) is 5.24. The van der Waals surface area contributed by atoms with E-state index in [-0.39, 0.29) is 17.5 Å². The van der Waals surface area contributed by atoms with Crippen molar-refractivity contribution in [2.75, 3.05) is 25.6 Å². The van der Waals surface area contributed by atoms with E-state index < -0.39 is 18.3 Å². The molecule has 9 nitrogen and oxygen atoms in total. The molecule has 1 saturated heterocycles. The van der Waals surface area contributed by atoms with Crippen molar-refractivity contribution in [3.8, 4) is 17.0 Å². The lowest BCUT2D eigenvalue weighted by molar-refractivity contribution is -0.131. The summed E-state index contributed by atoms with van der Waals surface area (Å²) in [5.74, 6) is 0.0265. The van der Waals surface area contributed by atoms with Crippen LogP contribution in [0.5, 0.6) is 5.88 Å². The Morgan fingerprint density at radius 1 is 1.22 bits per heavy atom. The number of hydrogen-bond donors (Lipinski definition) is 1.